The second kappa shape index (κ2) is 6.65. The second-order valence-electron chi connectivity index (χ2n) is 4.84. The monoisotopic (exact) mass is 427 g/mol. The van der Waals surface area contributed by atoms with Crippen molar-refractivity contribution in [2.24, 2.45) is 0 Å². The van der Waals surface area contributed by atoms with Gasteiger partial charge in [-0.25, -0.2) is 0 Å². The molecular weight excluding hydrogens is 414 g/mol. The van der Waals surface area contributed by atoms with E-state index in [0.717, 1.165) is 27.9 Å². The third-order valence-electron chi connectivity index (χ3n) is 3.37. The fourth-order valence-electron chi connectivity index (χ4n) is 2.40. The van der Waals surface area contributed by atoms with Crippen LogP contribution in [-0.2, 0) is 0 Å². The molecule has 1 aromatic carbocycles. The first-order valence-corrected chi connectivity index (χ1v) is 9.31. The highest BCUT2D eigenvalue weighted by Gasteiger charge is 2.21. The van der Waals surface area contributed by atoms with Crippen molar-refractivity contribution in [1.29, 1.82) is 0 Å². The first-order chi connectivity index (χ1) is 10.2. The average molecular weight is 429 g/mol. The van der Waals surface area contributed by atoms with Crippen molar-refractivity contribution in [2.45, 2.75) is 19.4 Å². The third kappa shape index (κ3) is 3.11. The maximum atomic E-state index is 5.79. The highest BCUT2D eigenvalue weighted by Crippen LogP contribution is 2.38. The van der Waals surface area contributed by atoms with Crippen molar-refractivity contribution in [3.8, 4) is 0 Å². The van der Waals surface area contributed by atoms with Crippen LogP contribution in [0.3, 0.4) is 0 Å². The number of hydrogen-bond acceptors (Lipinski definition) is 3. The van der Waals surface area contributed by atoms with E-state index in [9.17, 15) is 0 Å². The van der Waals surface area contributed by atoms with Gasteiger partial charge in [0.25, 0.3) is 0 Å². The van der Waals surface area contributed by atoms with Crippen LogP contribution in [0, 0.1) is 0 Å². The number of furan rings is 1. The molecule has 0 fully saturated rings. The topological polar surface area (TPSA) is 25.2 Å². The van der Waals surface area contributed by atoms with Gasteiger partial charge in [-0.05, 0) is 79.4 Å². The fraction of sp³-hybridized carbons (Fsp3) is 0.250. The molecule has 2 aromatic heterocycles. The molecule has 21 heavy (non-hydrogen) atoms. The summed E-state index contributed by atoms with van der Waals surface area (Å²) in [6, 6.07) is 10.4. The van der Waals surface area contributed by atoms with Crippen molar-refractivity contribution < 1.29 is 4.42 Å². The standard InChI is InChI=1S/C16H15Br2NOS/c1-2-8-19-15(13-6-7-14(18)20-13)11-9-21-16-10(11)4-3-5-12(16)17/h3-7,9,15,19H,2,8H2,1H3. The van der Waals surface area contributed by atoms with E-state index in [4.69, 9.17) is 4.42 Å². The molecule has 3 rings (SSSR count). The largest absolute Gasteiger partial charge is 0.452 e. The Balaban J connectivity index is 2.08. The number of rotatable bonds is 5. The van der Waals surface area contributed by atoms with E-state index in [-0.39, 0.29) is 6.04 Å². The molecule has 5 heteroatoms. The Morgan fingerprint density at radius 3 is 2.81 bits per heavy atom. The highest BCUT2D eigenvalue weighted by atomic mass is 79.9. The molecule has 0 spiro atoms. The first-order valence-electron chi connectivity index (χ1n) is 6.85. The number of benzene rings is 1. The highest BCUT2D eigenvalue weighted by molar-refractivity contribution is 9.10. The number of fused-ring (bicyclic) bond motifs is 1. The van der Waals surface area contributed by atoms with Gasteiger partial charge in [-0.2, -0.15) is 0 Å². The summed E-state index contributed by atoms with van der Waals surface area (Å²) in [6.07, 6.45) is 1.09. The Bertz CT molecular complexity index is 750. The van der Waals surface area contributed by atoms with Crippen LogP contribution in [0.5, 0.6) is 0 Å². The quantitative estimate of drug-likeness (QED) is 0.530. The molecule has 0 amide bonds. The van der Waals surface area contributed by atoms with Crippen molar-refractivity contribution in [1.82, 2.24) is 5.32 Å². The van der Waals surface area contributed by atoms with E-state index >= 15 is 0 Å². The van der Waals surface area contributed by atoms with E-state index in [2.05, 4.69) is 67.7 Å². The number of thiophene rings is 1. The Morgan fingerprint density at radius 2 is 2.10 bits per heavy atom. The van der Waals surface area contributed by atoms with Gasteiger partial charge in [-0.15, -0.1) is 11.3 Å². The van der Waals surface area contributed by atoms with Crippen LogP contribution in [0.4, 0.5) is 0 Å². The van der Waals surface area contributed by atoms with Crippen LogP contribution in [0.2, 0.25) is 0 Å². The summed E-state index contributed by atoms with van der Waals surface area (Å²) in [5.74, 6) is 0.940. The number of nitrogens with one attached hydrogen (secondary N) is 1. The predicted molar refractivity (Wildman–Crippen MR) is 96.1 cm³/mol. The molecule has 0 bridgehead atoms. The summed E-state index contributed by atoms with van der Waals surface area (Å²) >= 11 is 8.79. The van der Waals surface area contributed by atoms with Crippen molar-refractivity contribution in [3.05, 3.63) is 56.2 Å². The minimum absolute atomic E-state index is 0.0827. The summed E-state index contributed by atoms with van der Waals surface area (Å²) < 4.78 is 8.98. The zero-order valence-corrected chi connectivity index (χ0v) is 15.5. The molecule has 0 radical (unpaired) electrons. The lowest BCUT2D eigenvalue weighted by atomic mass is 10.0. The lowest BCUT2D eigenvalue weighted by Crippen LogP contribution is -2.22. The van der Waals surface area contributed by atoms with E-state index in [1.54, 1.807) is 11.3 Å². The van der Waals surface area contributed by atoms with Crippen LogP contribution in [-0.4, -0.2) is 6.54 Å². The first kappa shape index (κ1) is 15.3. The third-order valence-corrected chi connectivity index (χ3v) is 5.77. The zero-order valence-electron chi connectivity index (χ0n) is 11.5. The van der Waals surface area contributed by atoms with Gasteiger partial charge < -0.3 is 9.73 Å². The van der Waals surface area contributed by atoms with E-state index in [1.807, 2.05) is 12.1 Å². The lowest BCUT2D eigenvalue weighted by molar-refractivity contribution is 0.434. The molecule has 3 aromatic rings. The molecule has 0 aliphatic heterocycles. The fourth-order valence-corrected chi connectivity index (χ4v) is 4.37. The number of hydrogen-bond donors (Lipinski definition) is 1. The normalized spacial score (nSPS) is 12.9. The molecule has 110 valence electrons. The Kier molecular flexibility index (Phi) is 4.84. The lowest BCUT2D eigenvalue weighted by Gasteiger charge is -2.16. The summed E-state index contributed by atoms with van der Waals surface area (Å²) in [5, 5.41) is 7.08. The zero-order chi connectivity index (χ0) is 14.8. The maximum Gasteiger partial charge on any atom is 0.169 e. The van der Waals surface area contributed by atoms with E-state index < -0.39 is 0 Å². The van der Waals surface area contributed by atoms with Gasteiger partial charge in [0, 0.05) is 9.17 Å². The molecule has 0 saturated heterocycles. The van der Waals surface area contributed by atoms with Gasteiger partial charge in [0.15, 0.2) is 4.67 Å². The summed E-state index contributed by atoms with van der Waals surface area (Å²) in [5.41, 5.74) is 1.27. The minimum Gasteiger partial charge on any atom is -0.452 e. The summed E-state index contributed by atoms with van der Waals surface area (Å²) in [6.45, 7) is 3.12. The summed E-state index contributed by atoms with van der Waals surface area (Å²) in [4.78, 5) is 0. The van der Waals surface area contributed by atoms with Crippen LogP contribution in [0.15, 0.2) is 49.3 Å². The van der Waals surface area contributed by atoms with Gasteiger partial charge in [-0.3, -0.25) is 0 Å². The van der Waals surface area contributed by atoms with Crippen LogP contribution >= 0.6 is 43.2 Å². The molecule has 2 heterocycles. The van der Waals surface area contributed by atoms with Crippen LogP contribution < -0.4 is 5.32 Å². The van der Waals surface area contributed by atoms with Crippen LogP contribution in [0.25, 0.3) is 10.1 Å². The van der Waals surface area contributed by atoms with Crippen molar-refractivity contribution in [3.63, 3.8) is 0 Å². The smallest absolute Gasteiger partial charge is 0.169 e. The summed E-state index contributed by atoms with van der Waals surface area (Å²) in [7, 11) is 0. The van der Waals surface area contributed by atoms with E-state index in [0.29, 0.717) is 0 Å². The van der Waals surface area contributed by atoms with Crippen molar-refractivity contribution >= 4 is 53.3 Å². The second-order valence-corrected chi connectivity index (χ2v) is 7.35. The molecule has 2 nitrogen and oxygen atoms in total. The Morgan fingerprint density at radius 1 is 1.24 bits per heavy atom. The predicted octanol–water partition coefficient (Wildman–Crippen LogP) is 6.11. The molecule has 1 atom stereocenters. The van der Waals surface area contributed by atoms with E-state index in [1.165, 1.54) is 15.6 Å². The van der Waals surface area contributed by atoms with Gasteiger partial charge in [0.1, 0.15) is 5.76 Å². The average Bonchev–Trinajstić information content (AvgIpc) is 3.08. The minimum atomic E-state index is 0.0827. The SMILES string of the molecule is CCCNC(c1ccc(Br)o1)c1csc2c(Br)cccc12. The Labute approximate surface area is 144 Å². The molecule has 1 unspecified atom stereocenters. The molecule has 0 saturated carbocycles. The molecular formula is C16H15Br2NOS. The number of halogens is 2. The van der Waals surface area contributed by atoms with Crippen molar-refractivity contribution in [2.75, 3.05) is 6.54 Å². The van der Waals surface area contributed by atoms with Gasteiger partial charge in [0.05, 0.1) is 6.04 Å². The van der Waals surface area contributed by atoms with Crippen LogP contribution in [0.1, 0.15) is 30.7 Å². The van der Waals surface area contributed by atoms with Gasteiger partial charge >= 0.3 is 0 Å². The van der Waals surface area contributed by atoms with Gasteiger partial charge in [-0.1, -0.05) is 19.1 Å². The Hall–Kier alpha value is -0.620. The van der Waals surface area contributed by atoms with Gasteiger partial charge in [0.2, 0.25) is 0 Å². The maximum absolute atomic E-state index is 5.79. The molecule has 0 aliphatic carbocycles. The molecule has 1 N–H and O–H groups in total. The molecule has 0 aliphatic rings.